The van der Waals surface area contributed by atoms with Crippen LogP contribution in [0.15, 0.2) is 30.6 Å². The van der Waals surface area contributed by atoms with Crippen LogP contribution >= 0.6 is 23.2 Å². The van der Waals surface area contributed by atoms with Gasteiger partial charge in [-0.2, -0.15) is 0 Å². The summed E-state index contributed by atoms with van der Waals surface area (Å²) in [7, 11) is -1.31. The van der Waals surface area contributed by atoms with Crippen LogP contribution in [-0.4, -0.2) is 96.4 Å². The molecule has 4 heterocycles. The van der Waals surface area contributed by atoms with E-state index in [9.17, 15) is 8.42 Å². The number of piperazine rings is 1. The molecule has 0 atom stereocenters. The Morgan fingerprint density at radius 1 is 1.07 bits per heavy atom. The van der Waals surface area contributed by atoms with Gasteiger partial charge in [-0.15, -0.1) is 0 Å². The number of fused-ring (bicyclic) bond motifs is 1. The Morgan fingerprint density at radius 3 is 2.50 bits per heavy atom. The largest absolute Gasteiger partial charge is 0.489 e. The van der Waals surface area contributed by atoms with E-state index in [4.69, 9.17) is 32.9 Å². The highest BCUT2D eigenvalue weighted by Crippen LogP contribution is 2.41. The molecule has 0 amide bonds. The minimum atomic E-state index is -3.50. The summed E-state index contributed by atoms with van der Waals surface area (Å²) in [6.45, 7) is 12.0. The number of benzene rings is 1. The van der Waals surface area contributed by atoms with Gasteiger partial charge in [-0.25, -0.2) is 22.4 Å². The van der Waals surface area contributed by atoms with Crippen molar-refractivity contribution in [3.63, 3.8) is 0 Å². The molecule has 1 aromatic carbocycles. The van der Waals surface area contributed by atoms with Gasteiger partial charge in [0.25, 0.3) is 0 Å². The van der Waals surface area contributed by atoms with Gasteiger partial charge in [-0.05, 0) is 59.6 Å². The van der Waals surface area contributed by atoms with Gasteiger partial charge in [0.15, 0.2) is 0 Å². The van der Waals surface area contributed by atoms with E-state index in [0.29, 0.717) is 51.2 Å². The van der Waals surface area contributed by atoms with Crippen LogP contribution in [0.5, 0.6) is 5.75 Å². The average Bonchev–Trinajstić information content (AvgIpc) is 3.44. The Bertz CT molecular complexity index is 1710. The first-order valence-corrected chi connectivity index (χ1v) is 18.5. The molecule has 2 aliphatic heterocycles. The summed E-state index contributed by atoms with van der Waals surface area (Å²) in [6.07, 6.45) is 10.7. The summed E-state index contributed by atoms with van der Waals surface area (Å²) < 4.78 is 33.5. The summed E-state index contributed by atoms with van der Waals surface area (Å²) in [5.74, 6) is 0.936. The molecule has 2 fully saturated rings. The number of halogens is 2. The second kappa shape index (κ2) is 13.7. The van der Waals surface area contributed by atoms with Gasteiger partial charge in [0, 0.05) is 74.4 Å². The van der Waals surface area contributed by atoms with Gasteiger partial charge in [0.1, 0.15) is 5.75 Å². The third-order valence-electron chi connectivity index (χ3n) is 9.13. The van der Waals surface area contributed by atoms with Crippen molar-refractivity contribution < 1.29 is 13.2 Å². The third-order valence-corrected chi connectivity index (χ3v) is 11.4. The number of ether oxygens (including phenoxy) is 1. The normalized spacial score (nSPS) is 18.3. The number of anilines is 3. The average molecular weight is 689 g/mol. The summed E-state index contributed by atoms with van der Waals surface area (Å²) in [5, 5.41) is 4.25. The standard InChI is InChI=1S/C33H43Cl2N7O3S/c1-5-46(43,44)42-21-25(24-8-6-7-9-29(24)42)32-27(35)20-36-33(38-32)37-28-18-26(34)30(19-31(28)45-22(2)3)41-12-10-23(11-13-41)40-16-14-39(4)15-17-40/h6,8,18-23H,5,7,9-17H2,1-4H3,(H,36,37,38). The zero-order valence-electron chi connectivity index (χ0n) is 27.0. The molecular weight excluding hydrogens is 645 g/mol. The number of nitrogens with one attached hydrogen (secondary N) is 1. The predicted octanol–water partition coefficient (Wildman–Crippen LogP) is 6.16. The topological polar surface area (TPSA) is 95.8 Å². The maximum absolute atomic E-state index is 12.9. The maximum atomic E-state index is 12.9. The van der Waals surface area contributed by atoms with E-state index in [1.807, 2.05) is 38.1 Å². The SMILES string of the molecule is CCS(=O)(=O)n1cc(-c2nc(Nc3cc(Cl)c(N4CCC(N5CCN(C)CC5)CC4)cc3OC(C)C)ncc2Cl)c2c1CCC=C2. The second-order valence-corrected chi connectivity index (χ2v) is 15.5. The first kappa shape index (κ1) is 33.1. The molecule has 0 bridgehead atoms. The molecule has 0 spiro atoms. The van der Waals surface area contributed by atoms with Crippen molar-refractivity contribution in [2.75, 3.05) is 62.3 Å². The van der Waals surface area contributed by atoms with E-state index in [-0.39, 0.29) is 11.9 Å². The zero-order chi connectivity index (χ0) is 32.6. The number of hydrogen-bond donors (Lipinski definition) is 1. The number of hydrogen-bond acceptors (Lipinski definition) is 9. The highest BCUT2D eigenvalue weighted by Gasteiger charge is 2.29. The maximum Gasteiger partial charge on any atom is 0.238 e. The summed E-state index contributed by atoms with van der Waals surface area (Å²) in [6, 6.07) is 4.48. The van der Waals surface area contributed by atoms with Crippen LogP contribution in [0.3, 0.4) is 0 Å². The lowest BCUT2D eigenvalue weighted by Crippen LogP contribution is -2.52. The first-order chi connectivity index (χ1) is 22.0. The highest BCUT2D eigenvalue weighted by molar-refractivity contribution is 7.89. The van der Waals surface area contributed by atoms with Gasteiger partial charge >= 0.3 is 0 Å². The van der Waals surface area contributed by atoms with E-state index in [0.717, 1.165) is 75.5 Å². The Kier molecular flexibility index (Phi) is 9.87. The molecule has 3 aliphatic rings. The molecule has 2 saturated heterocycles. The highest BCUT2D eigenvalue weighted by atomic mass is 35.5. The molecule has 1 aliphatic carbocycles. The lowest BCUT2D eigenvalue weighted by atomic mass is 10.0. The summed E-state index contributed by atoms with van der Waals surface area (Å²) in [5.41, 5.74) is 4.23. The Hall–Kier alpha value is -2.83. The van der Waals surface area contributed by atoms with Gasteiger partial charge in [0.05, 0.1) is 45.2 Å². The molecule has 248 valence electrons. The van der Waals surface area contributed by atoms with E-state index in [1.165, 1.54) is 10.2 Å². The molecule has 1 N–H and O–H groups in total. The lowest BCUT2D eigenvalue weighted by molar-refractivity contribution is 0.0982. The van der Waals surface area contributed by atoms with E-state index >= 15 is 0 Å². The molecule has 10 nitrogen and oxygen atoms in total. The summed E-state index contributed by atoms with van der Waals surface area (Å²) >= 11 is 13.6. The number of likely N-dealkylation sites (N-methyl/N-ethyl adjacent to an activating group) is 1. The van der Waals surface area contributed by atoms with Crippen LogP contribution in [-0.2, 0) is 16.4 Å². The second-order valence-electron chi connectivity index (χ2n) is 12.6. The van der Waals surface area contributed by atoms with E-state index in [2.05, 4.69) is 32.0 Å². The Balaban J connectivity index is 1.27. The van der Waals surface area contributed by atoms with E-state index < -0.39 is 10.0 Å². The summed E-state index contributed by atoms with van der Waals surface area (Å²) in [4.78, 5) is 16.6. The van der Waals surface area contributed by atoms with Crippen molar-refractivity contribution in [3.8, 4) is 17.0 Å². The van der Waals surface area contributed by atoms with Crippen molar-refractivity contribution in [3.05, 3.63) is 51.9 Å². The molecule has 0 radical (unpaired) electrons. The molecular formula is C33H43Cl2N7O3S. The van der Waals surface area contributed by atoms with Crippen molar-refractivity contribution in [1.82, 2.24) is 23.7 Å². The van der Waals surface area contributed by atoms with Crippen molar-refractivity contribution in [1.29, 1.82) is 0 Å². The number of nitrogens with zero attached hydrogens (tertiary/aromatic N) is 6. The number of rotatable bonds is 9. The molecule has 2 aromatic heterocycles. The molecule has 0 unspecified atom stereocenters. The Labute approximate surface area is 282 Å². The van der Waals surface area contributed by atoms with Gasteiger partial charge in [-0.1, -0.05) is 35.4 Å². The van der Waals surface area contributed by atoms with Crippen LogP contribution in [0, 0.1) is 0 Å². The van der Waals surface area contributed by atoms with E-state index in [1.54, 1.807) is 13.1 Å². The Morgan fingerprint density at radius 2 is 1.80 bits per heavy atom. The number of allylic oxidation sites excluding steroid dienone is 1. The number of piperidine rings is 1. The molecule has 0 saturated carbocycles. The van der Waals surface area contributed by atoms with Crippen LogP contribution in [0.1, 0.15) is 51.3 Å². The monoisotopic (exact) mass is 687 g/mol. The minimum absolute atomic E-state index is 0.00869. The first-order valence-electron chi connectivity index (χ1n) is 16.2. The van der Waals surface area contributed by atoms with Crippen molar-refractivity contribution >= 4 is 56.6 Å². The molecule has 46 heavy (non-hydrogen) atoms. The fourth-order valence-corrected chi connectivity index (χ4v) is 8.14. The van der Waals surface area contributed by atoms with Gasteiger partial charge in [-0.3, -0.25) is 4.90 Å². The van der Waals surface area contributed by atoms with Gasteiger partial charge < -0.3 is 19.9 Å². The fraction of sp³-hybridized carbons (Fsp3) is 0.515. The molecule has 13 heteroatoms. The molecule has 6 rings (SSSR count). The quantitative estimate of drug-likeness (QED) is 0.284. The zero-order valence-corrected chi connectivity index (χ0v) is 29.3. The van der Waals surface area contributed by atoms with Crippen LogP contribution in [0.25, 0.3) is 17.3 Å². The molecule has 3 aromatic rings. The fourth-order valence-electron chi connectivity index (χ4n) is 6.60. The predicted molar refractivity (Wildman–Crippen MR) is 187 cm³/mol. The van der Waals surface area contributed by atoms with Crippen LogP contribution < -0.4 is 15.0 Å². The van der Waals surface area contributed by atoms with Crippen LogP contribution in [0.2, 0.25) is 10.0 Å². The lowest BCUT2D eigenvalue weighted by Gasteiger charge is -2.42. The smallest absolute Gasteiger partial charge is 0.238 e. The van der Waals surface area contributed by atoms with Crippen molar-refractivity contribution in [2.24, 2.45) is 0 Å². The third kappa shape index (κ3) is 6.89. The minimum Gasteiger partial charge on any atom is -0.489 e. The van der Waals surface area contributed by atoms with Crippen LogP contribution in [0.4, 0.5) is 17.3 Å². The van der Waals surface area contributed by atoms with Gasteiger partial charge in [0.2, 0.25) is 16.0 Å². The van der Waals surface area contributed by atoms with Crippen molar-refractivity contribution in [2.45, 2.75) is 58.6 Å². The number of aromatic nitrogens is 3.